The van der Waals surface area contributed by atoms with E-state index in [1.165, 1.54) is 11.9 Å². The molecule has 1 aromatic heterocycles. The van der Waals surface area contributed by atoms with E-state index in [1.54, 1.807) is 6.92 Å². The van der Waals surface area contributed by atoms with E-state index in [2.05, 4.69) is 9.97 Å². The minimum atomic E-state index is -4.57. The van der Waals surface area contributed by atoms with Gasteiger partial charge < -0.3 is 15.7 Å². The Hall–Kier alpha value is -1.57. The molecule has 17 heavy (non-hydrogen) atoms. The van der Waals surface area contributed by atoms with Crippen molar-refractivity contribution in [1.82, 2.24) is 9.97 Å². The number of hydrogen-bond acceptors (Lipinski definition) is 5. The molecule has 0 saturated carbocycles. The van der Waals surface area contributed by atoms with Crippen LogP contribution in [0.1, 0.15) is 12.6 Å². The lowest BCUT2D eigenvalue weighted by molar-refractivity contribution is -0.141. The van der Waals surface area contributed by atoms with Gasteiger partial charge in [-0.25, -0.2) is 4.98 Å². The van der Waals surface area contributed by atoms with Crippen LogP contribution in [0.25, 0.3) is 0 Å². The van der Waals surface area contributed by atoms with Crippen LogP contribution in [0.2, 0.25) is 0 Å². The Balaban J connectivity index is 3.14. The molecule has 0 aliphatic rings. The van der Waals surface area contributed by atoms with Gasteiger partial charge in [-0.2, -0.15) is 18.2 Å². The Morgan fingerprint density at radius 3 is 2.53 bits per heavy atom. The van der Waals surface area contributed by atoms with Crippen molar-refractivity contribution in [2.24, 2.45) is 0 Å². The zero-order valence-electron chi connectivity index (χ0n) is 9.36. The van der Waals surface area contributed by atoms with Gasteiger partial charge in [0.05, 0.1) is 12.6 Å². The molecule has 0 fully saturated rings. The molecule has 0 bridgehead atoms. The molecule has 3 N–H and O–H groups in total. The number of rotatable bonds is 3. The third-order valence-corrected chi connectivity index (χ3v) is 2.31. The van der Waals surface area contributed by atoms with Crippen molar-refractivity contribution < 1.29 is 18.3 Å². The zero-order chi connectivity index (χ0) is 13.2. The molecule has 0 amide bonds. The number of nitrogens with zero attached hydrogens (tertiary/aromatic N) is 3. The minimum absolute atomic E-state index is 0.0198. The van der Waals surface area contributed by atoms with Crippen molar-refractivity contribution in [2.75, 3.05) is 24.3 Å². The monoisotopic (exact) mass is 250 g/mol. The van der Waals surface area contributed by atoms with Crippen LogP contribution in [-0.2, 0) is 6.18 Å². The number of nitrogens with two attached hydrogens (primary N) is 1. The number of likely N-dealkylation sites (N-methyl/N-ethyl adjacent to an activating group) is 1. The fourth-order valence-corrected chi connectivity index (χ4v) is 1.13. The number of aromatic nitrogens is 2. The topological polar surface area (TPSA) is 75.3 Å². The zero-order valence-corrected chi connectivity index (χ0v) is 9.36. The smallest absolute Gasteiger partial charge is 0.394 e. The van der Waals surface area contributed by atoms with Gasteiger partial charge in [0.1, 0.15) is 5.82 Å². The van der Waals surface area contributed by atoms with Gasteiger partial charge in [-0.1, -0.05) is 0 Å². The Kier molecular flexibility index (Phi) is 3.76. The van der Waals surface area contributed by atoms with Crippen molar-refractivity contribution >= 4 is 11.8 Å². The first-order valence-corrected chi connectivity index (χ1v) is 4.81. The average Bonchev–Trinajstić information content (AvgIpc) is 2.25. The quantitative estimate of drug-likeness (QED) is 0.833. The fraction of sp³-hybridized carbons (Fsp3) is 0.556. The van der Waals surface area contributed by atoms with Crippen LogP contribution < -0.4 is 10.6 Å². The average molecular weight is 250 g/mol. The maximum absolute atomic E-state index is 12.5. The minimum Gasteiger partial charge on any atom is -0.394 e. The Morgan fingerprint density at radius 1 is 1.47 bits per heavy atom. The van der Waals surface area contributed by atoms with Crippen LogP contribution >= 0.6 is 0 Å². The predicted octanol–water partition coefficient (Wildman–Crippen LogP) is 0.895. The first-order valence-electron chi connectivity index (χ1n) is 4.81. The Bertz CT molecular complexity index is 396. The summed E-state index contributed by atoms with van der Waals surface area (Å²) in [6.07, 6.45) is -4.57. The van der Waals surface area contributed by atoms with Gasteiger partial charge in [0.15, 0.2) is 5.69 Å². The van der Waals surface area contributed by atoms with E-state index >= 15 is 0 Å². The van der Waals surface area contributed by atoms with Crippen LogP contribution in [0.15, 0.2) is 6.07 Å². The number of anilines is 2. The summed E-state index contributed by atoms with van der Waals surface area (Å²) >= 11 is 0. The number of halogens is 3. The van der Waals surface area contributed by atoms with Crippen molar-refractivity contribution in [2.45, 2.75) is 19.1 Å². The van der Waals surface area contributed by atoms with Gasteiger partial charge in [0.25, 0.3) is 0 Å². The van der Waals surface area contributed by atoms with E-state index in [0.717, 1.165) is 6.07 Å². The van der Waals surface area contributed by atoms with Gasteiger partial charge in [0.2, 0.25) is 5.95 Å². The third kappa shape index (κ3) is 3.19. The largest absolute Gasteiger partial charge is 0.433 e. The molecule has 1 aromatic rings. The SMILES string of the molecule is CC(CO)N(C)c1cc(C(F)(F)F)nc(N)n1. The van der Waals surface area contributed by atoms with Crippen LogP contribution in [0.4, 0.5) is 24.9 Å². The van der Waals surface area contributed by atoms with E-state index in [1.807, 2.05) is 0 Å². The number of aliphatic hydroxyl groups is 1. The molecule has 1 rings (SSSR count). The van der Waals surface area contributed by atoms with Crippen LogP contribution in [0, 0.1) is 0 Å². The molecule has 0 radical (unpaired) electrons. The van der Waals surface area contributed by atoms with Gasteiger partial charge >= 0.3 is 6.18 Å². The second-order valence-electron chi connectivity index (χ2n) is 3.61. The highest BCUT2D eigenvalue weighted by atomic mass is 19.4. The molecule has 1 heterocycles. The van der Waals surface area contributed by atoms with Gasteiger partial charge in [-0.15, -0.1) is 0 Å². The van der Waals surface area contributed by atoms with Crippen LogP contribution in [0.3, 0.4) is 0 Å². The number of alkyl halides is 3. The maximum atomic E-state index is 12.5. The van der Waals surface area contributed by atoms with E-state index in [9.17, 15) is 13.2 Å². The van der Waals surface area contributed by atoms with Crippen molar-refractivity contribution in [3.63, 3.8) is 0 Å². The first-order chi connectivity index (χ1) is 7.75. The molecule has 0 saturated heterocycles. The van der Waals surface area contributed by atoms with E-state index < -0.39 is 17.8 Å². The lowest BCUT2D eigenvalue weighted by Gasteiger charge is -2.24. The molecule has 96 valence electrons. The highest BCUT2D eigenvalue weighted by Gasteiger charge is 2.34. The molecular weight excluding hydrogens is 237 g/mol. The number of nitrogen functional groups attached to an aromatic ring is 1. The molecule has 8 heteroatoms. The summed E-state index contributed by atoms with van der Waals surface area (Å²) in [7, 11) is 1.52. The first kappa shape index (κ1) is 13.5. The Labute approximate surface area is 96.1 Å². The summed E-state index contributed by atoms with van der Waals surface area (Å²) in [6, 6.07) is 0.424. The molecule has 0 aliphatic heterocycles. The normalized spacial score (nSPS) is 13.5. The van der Waals surface area contributed by atoms with Crippen molar-refractivity contribution in [3.8, 4) is 0 Å². The number of aliphatic hydroxyl groups excluding tert-OH is 1. The molecule has 1 atom stereocenters. The van der Waals surface area contributed by atoms with Crippen LogP contribution in [0.5, 0.6) is 0 Å². The highest BCUT2D eigenvalue weighted by Crippen LogP contribution is 2.30. The molecular formula is C9H13F3N4O. The molecule has 0 spiro atoms. The molecule has 0 aliphatic carbocycles. The standard InChI is InChI=1S/C9H13F3N4O/c1-5(4-17)16(2)7-3-6(9(10,11)12)14-8(13)15-7/h3,5,17H,4H2,1-2H3,(H2,13,14,15). The highest BCUT2D eigenvalue weighted by molar-refractivity contribution is 5.44. The summed E-state index contributed by atoms with van der Waals surface area (Å²) in [4.78, 5) is 8.22. The maximum Gasteiger partial charge on any atom is 0.433 e. The van der Waals surface area contributed by atoms with E-state index in [0.29, 0.717) is 0 Å². The second-order valence-corrected chi connectivity index (χ2v) is 3.61. The molecule has 1 unspecified atom stereocenters. The summed E-state index contributed by atoms with van der Waals surface area (Å²) in [5, 5.41) is 8.93. The van der Waals surface area contributed by atoms with Gasteiger partial charge in [0, 0.05) is 13.1 Å². The summed E-state index contributed by atoms with van der Waals surface area (Å²) in [5.74, 6) is -0.432. The van der Waals surface area contributed by atoms with Crippen LogP contribution in [-0.4, -0.2) is 34.8 Å². The lowest BCUT2D eigenvalue weighted by Crippen LogP contribution is -2.33. The predicted molar refractivity (Wildman–Crippen MR) is 56.4 cm³/mol. The van der Waals surface area contributed by atoms with E-state index in [4.69, 9.17) is 10.8 Å². The molecule has 0 aromatic carbocycles. The van der Waals surface area contributed by atoms with Crippen molar-refractivity contribution in [3.05, 3.63) is 11.8 Å². The summed E-state index contributed by atoms with van der Waals surface area (Å²) in [5.41, 5.74) is 4.12. The fourth-order valence-electron chi connectivity index (χ4n) is 1.13. The summed E-state index contributed by atoms with van der Waals surface area (Å²) < 4.78 is 37.4. The van der Waals surface area contributed by atoms with Gasteiger partial charge in [-0.05, 0) is 6.92 Å². The van der Waals surface area contributed by atoms with Crippen molar-refractivity contribution in [1.29, 1.82) is 0 Å². The number of hydrogen-bond donors (Lipinski definition) is 2. The summed E-state index contributed by atoms with van der Waals surface area (Å²) in [6.45, 7) is 1.44. The van der Waals surface area contributed by atoms with E-state index in [-0.39, 0.29) is 18.5 Å². The lowest BCUT2D eigenvalue weighted by atomic mass is 10.3. The second kappa shape index (κ2) is 4.74. The van der Waals surface area contributed by atoms with Gasteiger partial charge in [-0.3, -0.25) is 0 Å². The Morgan fingerprint density at radius 2 is 2.06 bits per heavy atom. The molecule has 5 nitrogen and oxygen atoms in total. The third-order valence-electron chi connectivity index (χ3n) is 2.31.